The van der Waals surface area contributed by atoms with Gasteiger partial charge in [0.2, 0.25) is 5.91 Å². The molecule has 10 heteroatoms. The van der Waals surface area contributed by atoms with Crippen LogP contribution in [0.5, 0.6) is 0 Å². The highest BCUT2D eigenvalue weighted by atomic mass is 32.1. The minimum absolute atomic E-state index is 0.0141. The Morgan fingerprint density at radius 3 is 2.64 bits per heavy atom. The summed E-state index contributed by atoms with van der Waals surface area (Å²) in [4.78, 5) is 23.9. The van der Waals surface area contributed by atoms with Crippen molar-refractivity contribution in [2.24, 2.45) is 11.7 Å². The van der Waals surface area contributed by atoms with Gasteiger partial charge in [-0.2, -0.15) is 13.2 Å². The molecule has 5 N–H and O–H groups in total. The highest BCUT2D eigenvalue weighted by molar-refractivity contribution is 7.12. The first-order valence-corrected chi connectivity index (χ1v) is 9.79. The quantitative estimate of drug-likeness (QED) is 0.484. The van der Waals surface area contributed by atoms with Crippen molar-refractivity contribution in [3.8, 4) is 0 Å². The highest BCUT2D eigenvalue weighted by Gasteiger charge is 2.38. The zero-order valence-corrected chi connectivity index (χ0v) is 16.2. The predicted molar refractivity (Wildman–Crippen MR) is 103 cm³/mol. The van der Waals surface area contributed by atoms with E-state index in [-0.39, 0.29) is 22.8 Å². The van der Waals surface area contributed by atoms with Gasteiger partial charge in [0.1, 0.15) is 10.6 Å². The molecule has 0 bridgehead atoms. The Bertz CT molecular complexity index is 786. The fraction of sp³-hybridized carbons (Fsp3) is 0.500. The standard InChI is InChI=1S/C18H23F3N4O2S/c1-10(17(27)25-13-7-9-28-14(13)16(23)26)6-8-24-12-5-3-2-4-11(12)15(22)18(19,20)21/h7,9-10,22,24H,2-6,8H2,1H3,(H2,23,26)(H,25,27). The van der Waals surface area contributed by atoms with Crippen LogP contribution in [0, 0.1) is 11.3 Å². The van der Waals surface area contributed by atoms with Crippen molar-refractivity contribution < 1.29 is 22.8 Å². The van der Waals surface area contributed by atoms with Gasteiger partial charge in [-0.05, 0) is 43.6 Å². The lowest BCUT2D eigenvalue weighted by atomic mass is 9.92. The molecule has 2 amide bonds. The van der Waals surface area contributed by atoms with Crippen molar-refractivity contribution in [3.63, 3.8) is 0 Å². The van der Waals surface area contributed by atoms with E-state index in [0.717, 1.165) is 17.8 Å². The molecule has 2 rings (SSSR count). The van der Waals surface area contributed by atoms with Gasteiger partial charge in [-0.3, -0.25) is 15.0 Å². The zero-order chi connectivity index (χ0) is 20.9. The van der Waals surface area contributed by atoms with E-state index in [1.807, 2.05) is 0 Å². The number of primary amides is 1. The summed E-state index contributed by atoms with van der Waals surface area (Å²) in [5.41, 5.74) is 4.77. The van der Waals surface area contributed by atoms with E-state index in [9.17, 15) is 22.8 Å². The third kappa shape index (κ3) is 5.57. The Hall–Kier alpha value is -2.36. The minimum atomic E-state index is -4.66. The minimum Gasteiger partial charge on any atom is -0.388 e. The number of amides is 2. The normalized spacial score (nSPS) is 15.9. The molecule has 0 radical (unpaired) electrons. The van der Waals surface area contributed by atoms with Crippen molar-refractivity contribution >= 4 is 34.6 Å². The SMILES string of the molecule is CC(CCNC1=C(C(=N)C(F)(F)F)CCCC1)C(=O)Nc1ccsc1C(N)=O. The van der Waals surface area contributed by atoms with Crippen LogP contribution in [0.3, 0.4) is 0 Å². The summed E-state index contributed by atoms with van der Waals surface area (Å²) in [6, 6.07) is 1.59. The van der Waals surface area contributed by atoms with Gasteiger partial charge in [-0.25, -0.2) is 0 Å². The second kappa shape index (κ2) is 9.22. The molecule has 1 aliphatic rings. The number of allylic oxidation sites excluding steroid dienone is 2. The van der Waals surface area contributed by atoms with E-state index < -0.39 is 23.7 Å². The molecule has 28 heavy (non-hydrogen) atoms. The van der Waals surface area contributed by atoms with Crippen LogP contribution in [-0.4, -0.2) is 30.2 Å². The molecule has 6 nitrogen and oxygen atoms in total. The number of nitrogens with two attached hydrogens (primary N) is 1. The van der Waals surface area contributed by atoms with Gasteiger partial charge in [0, 0.05) is 23.7 Å². The topological polar surface area (TPSA) is 108 Å². The molecule has 1 unspecified atom stereocenters. The molecule has 0 fully saturated rings. The summed E-state index contributed by atoms with van der Waals surface area (Å²) in [5, 5.41) is 14.7. The number of carbonyl (C=O) groups excluding carboxylic acids is 2. The molecule has 0 spiro atoms. The average molecular weight is 416 g/mol. The van der Waals surface area contributed by atoms with Crippen LogP contribution in [-0.2, 0) is 4.79 Å². The lowest BCUT2D eigenvalue weighted by Crippen LogP contribution is -2.31. The fourth-order valence-corrected chi connectivity index (χ4v) is 3.67. The van der Waals surface area contributed by atoms with Crippen LogP contribution in [0.1, 0.15) is 48.7 Å². The molecule has 0 saturated heterocycles. The molecule has 1 heterocycles. The van der Waals surface area contributed by atoms with Gasteiger partial charge < -0.3 is 16.4 Å². The summed E-state index contributed by atoms with van der Waals surface area (Å²) in [6.07, 6.45) is -2.19. The lowest BCUT2D eigenvalue weighted by Gasteiger charge is -2.23. The third-order valence-electron chi connectivity index (χ3n) is 4.56. The van der Waals surface area contributed by atoms with Gasteiger partial charge in [-0.15, -0.1) is 11.3 Å². The van der Waals surface area contributed by atoms with Crippen LogP contribution >= 0.6 is 11.3 Å². The monoisotopic (exact) mass is 416 g/mol. The van der Waals surface area contributed by atoms with Crippen LogP contribution in [0.25, 0.3) is 0 Å². The van der Waals surface area contributed by atoms with Crippen LogP contribution in [0.15, 0.2) is 22.7 Å². The molecular formula is C18H23F3N4O2S. The second-order valence-corrected chi connectivity index (χ2v) is 7.59. The van der Waals surface area contributed by atoms with E-state index in [4.69, 9.17) is 11.1 Å². The van der Waals surface area contributed by atoms with Crippen LogP contribution in [0.4, 0.5) is 18.9 Å². The number of anilines is 1. The first-order valence-electron chi connectivity index (χ1n) is 8.91. The molecule has 0 saturated carbocycles. The van der Waals surface area contributed by atoms with E-state index in [0.29, 0.717) is 37.2 Å². The van der Waals surface area contributed by atoms with Crippen molar-refractivity contribution in [2.45, 2.75) is 45.2 Å². The summed E-state index contributed by atoms with van der Waals surface area (Å²) >= 11 is 1.13. The smallest absolute Gasteiger partial charge is 0.388 e. The number of nitrogens with one attached hydrogen (secondary N) is 3. The van der Waals surface area contributed by atoms with Crippen LogP contribution in [0.2, 0.25) is 0 Å². The van der Waals surface area contributed by atoms with E-state index >= 15 is 0 Å². The van der Waals surface area contributed by atoms with Gasteiger partial charge in [0.05, 0.1) is 5.69 Å². The largest absolute Gasteiger partial charge is 0.432 e. The molecule has 0 aliphatic heterocycles. The zero-order valence-electron chi connectivity index (χ0n) is 15.4. The third-order valence-corrected chi connectivity index (χ3v) is 5.49. The Morgan fingerprint density at radius 1 is 1.32 bits per heavy atom. The highest BCUT2D eigenvalue weighted by Crippen LogP contribution is 2.30. The molecule has 1 atom stereocenters. The van der Waals surface area contributed by atoms with E-state index in [1.165, 1.54) is 0 Å². The average Bonchev–Trinajstić information content (AvgIpc) is 3.09. The van der Waals surface area contributed by atoms with Crippen LogP contribution < -0.4 is 16.4 Å². The second-order valence-electron chi connectivity index (χ2n) is 6.67. The summed E-state index contributed by atoms with van der Waals surface area (Å²) < 4.78 is 38.6. The van der Waals surface area contributed by atoms with Crippen molar-refractivity contribution in [2.75, 3.05) is 11.9 Å². The number of hydrogen-bond acceptors (Lipinski definition) is 5. The van der Waals surface area contributed by atoms with Gasteiger partial charge >= 0.3 is 6.18 Å². The number of thiophene rings is 1. The number of carbonyl (C=O) groups is 2. The Kier molecular flexibility index (Phi) is 7.22. The molecule has 1 aromatic rings. The molecule has 154 valence electrons. The van der Waals surface area contributed by atoms with Crippen molar-refractivity contribution in [1.82, 2.24) is 5.32 Å². The fourth-order valence-electron chi connectivity index (χ4n) is 2.97. The first-order chi connectivity index (χ1) is 13.1. The Labute approximate surface area is 164 Å². The molecular weight excluding hydrogens is 393 g/mol. The maximum absolute atomic E-state index is 12.9. The van der Waals surface area contributed by atoms with Gasteiger partial charge in [-0.1, -0.05) is 6.92 Å². The predicted octanol–water partition coefficient (Wildman–Crippen LogP) is 3.81. The molecule has 0 aromatic carbocycles. The van der Waals surface area contributed by atoms with Gasteiger partial charge in [0.15, 0.2) is 0 Å². The summed E-state index contributed by atoms with van der Waals surface area (Å²) in [7, 11) is 0. The first kappa shape index (κ1) is 21.9. The maximum atomic E-state index is 12.9. The number of alkyl halides is 3. The number of hydrogen-bond donors (Lipinski definition) is 4. The lowest BCUT2D eigenvalue weighted by molar-refractivity contribution is -0.119. The summed E-state index contributed by atoms with van der Waals surface area (Å²) in [5.74, 6) is -1.35. The van der Waals surface area contributed by atoms with E-state index in [1.54, 1.807) is 18.4 Å². The Morgan fingerprint density at radius 2 is 2.00 bits per heavy atom. The van der Waals surface area contributed by atoms with Crippen molar-refractivity contribution in [3.05, 3.63) is 27.6 Å². The number of halogens is 3. The summed E-state index contributed by atoms with van der Waals surface area (Å²) in [6.45, 7) is 2.01. The van der Waals surface area contributed by atoms with E-state index in [2.05, 4.69) is 10.6 Å². The maximum Gasteiger partial charge on any atom is 0.432 e. The molecule has 1 aromatic heterocycles. The molecule has 1 aliphatic carbocycles. The number of rotatable bonds is 8. The Balaban J connectivity index is 1.93. The van der Waals surface area contributed by atoms with Gasteiger partial charge in [0.25, 0.3) is 5.91 Å². The van der Waals surface area contributed by atoms with Crippen molar-refractivity contribution in [1.29, 1.82) is 5.41 Å².